The maximum absolute atomic E-state index is 12.6. The highest BCUT2D eigenvalue weighted by molar-refractivity contribution is 7.16. The van der Waals surface area contributed by atoms with E-state index in [9.17, 15) is 14.7 Å². The monoisotopic (exact) mass is 531 g/mol. The number of oxime groups is 1. The number of nitrogens with zero attached hydrogens (tertiary/aromatic N) is 1. The van der Waals surface area contributed by atoms with E-state index in [1.807, 2.05) is 19.9 Å². The number of aliphatic hydroxyl groups is 1. The van der Waals surface area contributed by atoms with Crippen LogP contribution in [0.4, 0.5) is 0 Å². The molecular weight excluding hydrogens is 509 g/mol. The van der Waals surface area contributed by atoms with Crippen molar-refractivity contribution in [3.63, 3.8) is 0 Å². The number of hydrogen-bond donors (Lipinski definition) is 3. The third kappa shape index (κ3) is 6.19. The Morgan fingerprint density at radius 1 is 1.21 bits per heavy atom. The van der Waals surface area contributed by atoms with Gasteiger partial charge < -0.3 is 20.6 Å². The molecule has 1 unspecified atom stereocenters. The highest BCUT2D eigenvalue weighted by Crippen LogP contribution is 2.41. The lowest BCUT2D eigenvalue weighted by atomic mass is 9.90. The van der Waals surface area contributed by atoms with Gasteiger partial charge in [-0.1, -0.05) is 40.0 Å². The van der Waals surface area contributed by atoms with Gasteiger partial charge in [-0.3, -0.25) is 9.59 Å². The topological polar surface area (TPSA) is 100 Å². The van der Waals surface area contributed by atoms with Gasteiger partial charge in [-0.2, -0.15) is 0 Å². The van der Waals surface area contributed by atoms with Crippen molar-refractivity contribution in [2.45, 2.75) is 45.3 Å². The Labute approximate surface area is 211 Å². The van der Waals surface area contributed by atoms with Crippen LogP contribution in [-0.4, -0.2) is 41.3 Å². The summed E-state index contributed by atoms with van der Waals surface area (Å²) in [6, 6.07) is 5.27. The first kappa shape index (κ1) is 25.8. The number of halogens is 3. The summed E-state index contributed by atoms with van der Waals surface area (Å²) >= 11 is 19.7. The van der Waals surface area contributed by atoms with Gasteiger partial charge >= 0.3 is 0 Å². The van der Waals surface area contributed by atoms with E-state index in [4.69, 9.17) is 39.6 Å². The summed E-state index contributed by atoms with van der Waals surface area (Å²) in [7, 11) is 0. The van der Waals surface area contributed by atoms with Crippen molar-refractivity contribution in [3.8, 4) is 0 Å². The molecule has 178 valence electrons. The summed E-state index contributed by atoms with van der Waals surface area (Å²) < 4.78 is 0. The van der Waals surface area contributed by atoms with Crippen LogP contribution >= 0.6 is 46.1 Å². The van der Waals surface area contributed by atoms with Crippen LogP contribution in [-0.2, 0) is 15.2 Å². The fourth-order valence-electron chi connectivity index (χ4n) is 3.16. The molecule has 0 radical (unpaired) electrons. The summed E-state index contributed by atoms with van der Waals surface area (Å²) in [5.74, 6) is -0.745. The molecule has 33 heavy (non-hydrogen) atoms. The molecule has 1 aliphatic rings. The summed E-state index contributed by atoms with van der Waals surface area (Å²) in [5.41, 5.74) is 0.378. The number of thiophene rings is 1. The van der Waals surface area contributed by atoms with Gasteiger partial charge in [0.05, 0.1) is 37.0 Å². The van der Waals surface area contributed by atoms with Crippen LogP contribution in [0.25, 0.3) is 0 Å². The number of nitrogens with one attached hydrogen (secondary N) is 2. The van der Waals surface area contributed by atoms with E-state index < -0.39 is 11.2 Å². The molecule has 0 saturated carbocycles. The van der Waals surface area contributed by atoms with Crippen molar-refractivity contribution < 1.29 is 19.5 Å². The van der Waals surface area contributed by atoms with Gasteiger partial charge in [0, 0.05) is 18.5 Å². The Kier molecular flexibility index (Phi) is 7.65. The maximum Gasteiger partial charge on any atom is 0.262 e. The molecule has 11 heteroatoms. The van der Waals surface area contributed by atoms with E-state index in [2.05, 4.69) is 15.8 Å². The zero-order valence-corrected chi connectivity index (χ0v) is 21.6. The predicted molar refractivity (Wildman–Crippen MR) is 132 cm³/mol. The van der Waals surface area contributed by atoms with Gasteiger partial charge in [0.15, 0.2) is 5.60 Å². The molecule has 2 amide bonds. The lowest BCUT2D eigenvalue weighted by Gasteiger charge is -2.22. The van der Waals surface area contributed by atoms with Crippen LogP contribution in [0, 0.1) is 6.92 Å². The average Bonchev–Trinajstić information content (AvgIpc) is 3.31. The minimum Gasteiger partial charge on any atom is -0.389 e. The zero-order chi connectivity index (χ0) is 24.6. The van der Waals surface area contributed by atoms with E-state index in [-0.39, 0.29) is 29.9 Å². The van der Waals surface area contributed by atoms with Crippen molar-refractivity contribution >= 4 is 63.7 Å². The lowest BCUT2D eigenvalue weighted by Crippen LogP contribution is -2.43. The van der Waals surface area contributed by atoms with Crippen molar-refractivity contribution in [2.75, 3.05) is 13.1 Å². The van der Waals surface area contributed by atoms with Gasteiger partial charge in [-0.05, 0) is 51.5 Å². The third-order valence-electron chi connectivity index (χ3n) is 4.99. The molecule has 1 aromatic carbocycles. The molecule has 3 rings (SSSR count). The number of carbonyl (C=O) groups excluding carboxylic acids is 2. The van der Waals surface area contributed by atoms with Crippen LogP contribution in [0.15, 0.2) is 23.4 Å². The molecule has 3 N–H and O–H groups in total. The van der Waals surface area contributed by atoms with Crippen molar-refractivity contribution in [2.24, 2.45) is 5.16 Å². The molecule has 1 aromatic heterocycles. The standard InChI is InChI=1S/C22H24Cl3N3O4S/c1-11-5-16(33-19(11)20(30)26-9-17(29)27-10-21(2,3)31)15-8-22(4,32-28-15)12-6-13(23)18(25)14(24)7-12/h5-7,31H,8-10H2,1-4H3,(H,26,30)(H,27,29). The number of hydrogen-bond acceptors (Lipinski definition) is 6. The van der Waals surface area contributed by atoms with Crippen LogP contribution in [0.1, 0.15) is 52.9 Å². The Bertz CT molecular complexity index is 1100. The smallest absolute Gasteiger partial charge is 0.262 e. The second-order valence-electron chi connectivity index (χ2n) is 8.69. The van der Waals surface area contributed by atoms with E-state index in [1.165, 1.54) is 11.3 Å². The molecule has 0 fully saturated rings. The first-order valence-electron chi connectivity index (χ1n) is 10.1. The zero-order valence-electron chi connectivity index (χ0n) is 18.5. The Hall–Kier alpha value is -1.84. The Morgan fingerprint density at radius 3 is 2.45 bits per heavy atom. The third-order valence-corrected chi connectivity index (χ3v) is 7.47. The van der Waals surface area contributed by atoms with E-state index >= 15 is 0 Å². The molecule has 7 nitrogen and oxygen atoms in total. The number of aryl methyl sites for hydroxylation is 1. The fourth-order valence-corrected chi connectivity index (χ4v) is 4.82. The summed E-state index contributed by atoms with van der Waals surface area (Å²) in [5, 5.41) is 20.0. The lowest BCUT2D eigenvalue weighted by molar-refractivity contribution is -0.121. The second kappa shape index (κ2) is 9.80. The minimum atomic E-state index is -1.03. The van der Waals surface area contributed by atoms with Crippen LogP contribution in [0.2, 0.25) is 15.1 Å². The highest BCUT2D eigenvalue weighted by Gasteiger charge is 2.38. The summed E-state index contributed by atoms with van der Waals surface area (Å²) in [6.45, 7) is 6.75. The minimum absolute atomic E-state index is 0.0898. The van der Waals surface area contributed by atoms with Gasteiger partial charge in [0.1, 0.15) is 5.71 Å². The van der Waals surface area contributed by atoms with E-state index in [0.717, 1.165) is 16.0 Å². The van der Waals surface area contributed by atoms with Crippen LogP contribution in [0.5, 0.6) is 0 Å². The van der Waals surface area contributed by atoms with Gasteiger partial charge in [-0.25, -0.2) is 0 Å². The normalized spacial score (nSPS) is 18.0. The van der Waals surface area contributed by atoms with Crippen molar-refractivity contribution in [3.05, 3.63) is 54.1 Å². The average molecular weight is 533 g/mol. The van der Waals surface area contributed by atoms with E-state index in [0.29, 0.717) is 27.1 Å². The largest absolute Gasteiger partial charge is 0.389 e. The molecule has 1 atom stereocenters. The molecule has 0 bridgehead atoms. The van der Waals surface area contributed by atoms with Crippen LogP contribution < -0.4 is 10.6 Å². The molecule has 1 aliphatic heterocycles. The van der Waals surface area contributed by atoms with Crippen molar-refractivity contribution in [1.82, 2.24) is 10.6 Å². The molecule has 0 spiro atoms. The Morgan fingerprint density at radius 2 is 1.85 bits per heavy atom. The second-order valence-corrected chi connectivity index (χ2v) is 10.9. The maximum atomic E-state index is 12.6. The quantitative estimate of drug-likeness (QED) is 0.451. The van der Waals surface area contributed by atoms with Crippen molar-refractivity contribution in [1.29, 1.82) is 0 Å². The summed E-state index contributed by atoms with van der Waals surface area (Å²) in [6.07, 6.45) is 0.446. The first-order valence-corrected chi connectivity index (χ1v) is 12.0. The number of benzene rings is 1. The fraction of sp³-hybridized carbons (Fsp3) is 0.409. The molecule has 0 aliphatic carbocycles. The SMILES string of the molecule is Cc1cc(C2=NOC(C)(c3cc(Cl)c(Cl)c(Cl)c3)C2)sc1C(=O)NCC(=O)NCC(C)(C)O. The van der Waals surface area contributed by atoms with Gasteiger partial charge in [0.25, 0.3) is 5.91 Å². The molecular formula is C22H24Cl3N3O4S. The first-order chi connectivity index (χ1) is 15.3. The number of carbonyl (C=O) groups is 2. The Balaban J connectivity index is 1.67. The predicted octanol–water partition coefficient (Wildman–Crippen LogP) is 4.67. The summed E-state index contributed by atoms with van der Waals surface area (Å²) in [4.78, 5) is 31.5. The molecule has 2 aromatic rings. The number of amides is 2. The van der Waals surface area contributed by atoms with E-state index in [1.54, 1.807) is 26.0 Å². The molecule has 2 heterocycles. The van der Waals surface area contributed by atoms with Gasteiger partial charge in [0.2, 0.25) is 5.91 Å². The highest BCUT2D eigenvalue weighted by atomic mass is 35.5. The molecule has 0 saturated heterocycles. The number of rotatable bonds is 7. The van der Waals surface area contributed by atoms with Crippen LogP contribution in [0.3, 0.4) is 0 Å². The van der Waals surface area contributed by atoms with Gasteiger partial charge in [-0.15, -0.1) is 11.3 Å².